The number of halogens is 3. The predicted molar refractivity (Wildman–Crippen MR) is 106 cm³/mol. The van der Waals surface area contributed by atoms with Crippen molar-refractivity contribution in [2.75, 3.05) is 47.1 Å². The Balaban J connectivity index is 3.19. The van der Waals surface area contributed by atoms with Crippen LogP contribution in [0.25, 0.3) is 0 Å². The number of alkyl halides is 3. The van der Waals surface area contributed by atoms with Crippen LogP contribution >= 0.6 is 0 Å². The number of nitrogens with zero attached hydrogens (tertiary/aromatic N) is 2. The summed E-state index contributed by atoms with van der Waals surface area (Å²) in [6.07, 6.45) is -1.90. The number of rotatable bonds is 12. The lowest BCUT2D eigenvalue weighted by molar-refractivity contribution is -0.282. The van der Waals surface area contributed by atoms with Crippen molar-refractivity contribution in [1.29, 1.82) is 0 Å². The average molecular weight is 418 g/mol. The van der Waals surface area contributed by atoms with E-state index in [9.17, 15) is 18.3 Å². The average Bonchev–Trinajstić information content (AvgIpc) is 2.68. The summed E-state index contributed by atoms with van der Waals surface area (Å²) in [4.78, 5) is 6.09. The van der Waals surface area contributed by atoms with Gasteiger partial charge in [-0.1, -0.05) is 6.08 Å². The highest BCUT2D eigenvalue weighted by atomic mass is 19.4. The van der Waals surface area contributed by atoms with Crippen LogP contribution in [0.3, 0.4) is 0 Å². The molecule has 1 aromatic carbocycles. The molecule has 9 heteroatoms. The molecule has 6 nitrogen and oxygen atoms in total. The summed E-state index contributed by atoms with van der Waals surface area (Å²) in [6.45, 7) is 6.97. The minimum atomic E-state index is -4.98. The largest absolute Gasteiger partial charge is 0.496 e. The van der Waals surface area contributed by atoms with Crippen molar-refractivity contribution in [3.8, 4) is 5.75 Å². The van der Waals surface area contributed by atoms with Gasteiger partial charge in [0.05, 0.1) is 45.6 Å². The van der Waals surface area contributed by atoms with E-state index in [1.165, 1.54) is 25.3 Å². The van der Waals surface area contributed by atoms with Gasteiger partial charge in [0.1, 0.15) is 5.75 Å². The molecule has 164 valence electrons. The number of aliphatic imine (C=N–C) groups is 1. The smallest absolute Gasteiger partial charge is 0.423 e. The number of hydrogen-bond donors (Lipinski definition) is 1. The minimum absolute atomic E-state index is 0.0781. The second kappa shape index (κ2) is 11.2. The molecule has 1 atom stereocenters. The van der Waals surface area contributed by atoms with Crippen LogP contribution < -0.4 is 4.74 Å². The third-order valence-corrected chi connectivity index (χ3v) is 4.24. The van der Waals surface area contributed by atoms with Gasteiger partial charge in [-0.05, 0) is 25.5 Å². The molecule has 0 fully saturated rings. The van der Waals surface area contributed by atoms with Gasteiger partial charge in [-0.25, -0.2) is 4.99 Å². The number of benzene rings is 1. The van der Waals surface area contributed by atoms with Gasteiger partial charge in [-0.15, -0.1) is 6.58 Å². The molecule has 1 aromatic rings. The first-order valence-corrected chi connectivity index (χ1v) is 9.09. The van der Waals surface area contributed by atoms with Gasteiger partial charge in [-0.3, -0.25) is 0 Å². The Morgan fingerprint density at radius 3 is 2.45 bits per heavy atom. The molecular formula is C20H29F3N2O4. The summed E-state index contributed by atoms with van der Waals surface area (Å²) >= 11 is 0. The fourth-order valence-corrected chi connectivity index (χ4v) is 2.37. The highest BCUT2D eigenvalue weighted by Gasteiger charge is 2.56. The summed E-state index contributed by atoms with van der Waals surface area (Å²) in [6, 6.07) is 2.59. The maximum atomic E-state index is 13.8. The molecule has 0 aliphatic rings. The number of ether oxygens (including phenoxy) is 3. The van der Waals surface area contributed by atoms with Gasteiger partial charge < -0.3 is 24.2 Å². The van der Waals surface area contributed by atoms with Crippen molar-refractivity contribution in [2.45, 2.75) is 25.6 Å². The highest BCUT2D eigenvalue weighted by Crippen LogP contribution is 2.45. The topological polar surface area (TPSA) is 63.5 Å². The maximum absolute atomic E-state index is 13.8. The van der Waals surface area contributed by atoms with E-state index >= 15 is 0 Å². The van der Waals surface area contributed by atoms with E-state index in [1.807, 2.05) is 18.9 Å². The quantitative estimate of drug-likeness (QED) is 0.243. The predicted octanol–water partition coefficient (Wildman–Crippen LogP) is 3.58. The molecule has 0 saturated heterocycles. The lowest BCUT2D eigenvalue weighted by Crippen LogP contribution is -2.46. The van der Waals surface area contributed by atoms with E-state index in [0.717, 1.165) is 6.54 Å². The highest BCUT2D eigenvalue weighted by molar-refractivity contribution is 5.65. The first kappa shape index (κ1) is 24.9. The van der Waals surface area contributed by atoms with Crippen LogP contribution in [-0.2, 0) is 15.1 Å². The second-order valence-electron chi connectivity index (χ2n) is 6.43. The number of aliphatic hydroxyl groups is 1. The second-order valence-corrected chi connectivity index (χ2v) is 6.43. The van der Waals surface area contributed by atoms with E-state index in [2.05, 4.69) is 11.6 Å². The van der Waals surface area contributed by atoms with Crippen LogP contribution in [0.5, 0.6) is 5.75 Å². The van der Waals surface area contributed by atoms with Gasteiger partial charge in [0.25, 0.3) is 0 Å². The van der Waals surface area contributed by atoms with Gasteiger partial charge in [0.15, 0.2) is 0 Å². The van der Waals surface area contributed by atoms with E-state index in [1.54, 1.807) is 13.3 Å². The van der Waals surface area contributed by atoms with Crippen molar-refractivity contribution in [1.82, 2.24) is 4.90 Å². The summed E-state index contributed by atoms with van der Waals surface area (Å²) in [7, 11) is 3.06. The lowest BCUT2D eigenvalue weighted by atomic mass is 9.91. The van der Waals surface area contributed by atoms with E-state index in [-0.39, 0.29) is 25.6 Å². The molecule has 1 N–H and O–H groups in total. The third kappa shape index (κ3) is 6.73. The normalized spacial score (nSPS) is 14.1. The molecular weight excluding hydrogens is 389 g/mol. The zero-order valence-corrected chi connectivity index (χ0v) is 17.3. The number of hydrogen-bond acceptors (Lipinski definition) is 5. The van der Waals surface area contributed by atoms with Gasteiger partial charge in [-0.2, -0.15) is 13.2 Å². The zero-order valence-electron chi connectivity index (χ0n) is 17.3. The number of methoxy groups -OCH3 is 1. The first-order valence-electron chi connectivity index (χ1n) is 9.09. The molecule has 0 heterocycles. The van der Waals surface area contributed by atoms with Crippen LogP contribution in [0.15, 0.2) is 29.8 Å². The van der Waals surface area contributed by atoms with Crippen LogP contribution in [0.2, 0.25) is 0 Å². The zero-order chi connectivity index (χ0) is 22.1. The fourth-order valence-electron chi connectivity index (χ4n) is 2.37. The van der Waals surface area contributed by atoms with E-state index in [0.29, 0.717) is 11.3 Å². The van der Waals surface area contributed by atoms with Crippen molar-refractivity contribution in [3.63, 3.8) is 0 Å². The van der Waals surface area contributed by atoms with Gasteiger partial charge in [0, 0.05) is 25.2 Å². The summed E-state index contributed by atoms with van der Waals surface area (Å²) in [5.41, 5.74) is -2.78. The Morgan fingerprint density at radius 1 is 1.24 bits per heavy atom. The van der Waals surface area contributed by atoms with Gasteiger partial charge in [0.2, 0.25) is 5.60 Å². The molecule has 0 aliphatic carbocycles. The molecule has 0 amide bonds. The SMILES string of the molecule is C=CCOCCOCC(O)(c1cc(C)c(N=CN(C)CC)cc1OC)C(F)(F)F. The monoisotopic (exact) mass is 418 g/mol. The van der Waals surface area contributed by atoms with Crippen LogP contribution in [0.1, 0.15) is 18.1 Å². The Kier molecular flexibility index (Phi) is 9.61. The maximum Gasteiger partial charge on any atom is 0.423 e. The fraction of sp³-hybridized carbons (Fsp3) is 0.550. The number of aryl methyl sites for hydroxylation is 1. The first-order chi connectivity index (χ1) is 13.6. The molecule has 1 rings (SSSR count). The molecule has 0 radical (unpaired) electrons. The minimum Gasteiger partial charge on any atom is -0.496 e. The molecule has 0 spiro atoms. The Bertz CT molecular complexity index is 695. The van der Waals surface area contributed by atoms with Gasteiger partial charge >= 0.3 is 6.18 Å². The molecule has 1 unspecified atom stereocenters. The Hall–Kier alpha value is -2.10. The van der Waals surface area contributed by atoms with Crippen LogP contribution in [0, 0.1) is 6.92 Å². The Labute approximate surface area is 169 Å². The van der Waals surface area contributed by atoms with Crippen LogP contribution in [0.4, 0.5) is 18.9 Å². The van der Waals surface area contributed by atoms with Crippen molar-refractivity contribution >= 4 is 12.0 Å². The molecule has 0 aromatic heterocycles. The van der Waals surface area contributed by atoms with Crippen molar-refractivity contribution in [2.24, 2.45) is 4.99 Å². The van der Waals surface area contributed by atoms with Crippen molar-refractivity contribution < 1.29 is 32.5 Å². The summed E-state index contributed by atoms with van der Waals surface area (Å²) in [5.74, 6) is -0.131. The molecule has 0 aliphatic heterocycles. The standard InChI is InChI=1S/C20H29F3N2O4/c1-6-8-28-9-10-29-13-19(26,20(21,22)23)16-11-15(3)17(12-18(16)27-5)24-14-25(4)7-2/h6,11-12,14,26H,1,7-10,13H2,2-5H3. The molecule has 0 saturated carbocycles. The van der Waals surface area contributed by atoms with E-state index < -0.39 is 23.9 Å². The van der Waals surface area contributed by atoms with E-state index in [4.69, 9.17) is 14.2 Å². The van der Waals surface area contributed by atoms with Crippen molar-refractivity contribution in [3.05, 3.63) is 35.9 Å². The third-order valence-electron chi connectivity index (χ3n) is 4.24. The Morgan fingerprint density at radius 2 is 1.90 bits per heavy atom. The summed E-state index contributed by atoms with van der Waals surface area (Å²) in [5, 5.41) is 10.6. The summed E-state index contributed by atoms with van der Waals surface area (Å²) < 4.78 is 56.7. The molecule has 0 bridgehead atoms. The lowest BCUT2D eigenvalue weighted by Gasteiger charge is -2.32. The molecule has 29 heavy (non-hydrogen) atoms. The van der Waals surface area contributed by atoms with Crippen LogP contribution in [-0.4, -0.2) is 69.7 Å².